The first-order valence-corrected chi connectivity index (χ1v) is 8.34. The van der Waals surface area contributed by atoms with E-state index in [0.29, 0.717) is 0 Å². The molecule has 1 aliphatic rings. The Morgan fingerprint density at radius 1 is 1.47 bits per heavy atom. The predicted molar refractivity (Wildman–Crippen MR) is 58.3 cm³/mol. The van der Waals surface area contributed by atoms with Crippen LogP contribution in [0.4, 0.5) is 0 Å². The Hall–Kier alpha value is -0.383. The molecule has 1 fully saturated rings. The molecule has 85 valence electrons. The van der Waals surface area contributed by atoms with Crippen LogP contribution in [0.1, 0.15) is 0 Å². The van der Waals surface area contributed by atoms with E-state index in [4.69, 9.17) is 9.84 Å². The van der Waals surface area contributed by atoms with Crippen LogP contribution in [-0.4, -0.2) is 47.8 Å². The van der Waals surface area contributed by atoms with Gasteiger partial charge in [-0.1, -0.05) is 25.6 Å². The molecule has 4 nitrogen and oxygen atoms in total. The fourth-order valence-electron chi connectivity index (χ4n) is 1.19. The van der Waals surface area contributed by atoms with Crippen LogP contribution in [0.25, 0.3) is 0 Å². The van der Waals surface area contributed by atoms with E-state index in [2.05, 4.69) is 11.5 Å². The van der Waals surface area contributed by atoms with Gasteiger partial charge in [0.2, 0.25) is 0 Å². The summed E-state index contributed by atoms with van der Waals surface area (Å²) in [6, 6.07) is 0. The van der Waals surface area contributed by atoms with Gasteiger partial charge in [-0.15, -0.1) is 5.54 Å². The first kappa shape index (κ1) is 12.7. The highest BCUT2D eigenvalue weighted by Gasteiger charge is 2.49. The zero-order valence-corrected chi connectivity index (χ0v) is 10.2. The van der Waals surface area contributed by atoms with Crippen LogP contribution in [-0.2, 0) is 4.74 Å². The number of rotatable bonds is 1. The van der Waals surface area contributed by atoms with Gasteiger partial charge in [0.15, 0.2) is 5.60 Å². The van der Waals surface area contributed by atoms with Crippen LogP contribution in [0.3, 0.4) is 0 Å². The topological polar surface area (TPSA) is 69.9 Å². The molecule has 3 atom stereocenters. The second-order valence-electron chi connectivity index (χ2n) is 4.71. The van der Waals surface area contributed by atoms with Crippen molar-refractivity contribution in [1.82, 2.24) is 0 Å². The highest BCUT2D eigenvalue weighted by atomic mass is 28.3. The summed E-state index contributed by atoms with van der Waals surface area (Å²) in [7, 11) is -1.63. The number of aliphatic hydroxyl groups is 3. The van der Waals surface area contributed by atoms with Crippen molar-refractivity contribution in [2.75, 3.05) is 6.61 Å². The van der Waals surface area contributed by atoms with Crippen LogP contribution in [0.5, 0.6) is 0 Å². The van der Waals surface area contributed by atoms with E-state index in [1.807, 2.05) is 19.6 Å². The predicted octanol–water partition coefficient (Wildman–Crippen LogP) is -0.488. The van der Waals surface area contributed by atoms with Gasteiger partial charge in [0.05, 0.1) is 6.61 Å². The van der Waals surface area contributed by atoms with Crippen molar-refractivity contribution in [2.45, 2.75) is 37.5 Å². The van der Waals surface area contributed by atoms with Gasteiger partial charge in [-0.3, -0.25) is 0 Å². The van der Waals surface area contributed by atoms with E-state index in [1.54, 1.807) is 0 Å². The summed E-state index contributed by atoms with van der Waals surface area (Å²) < 4.78 is 4.93. The molecule has 1 rings (SSSR count). The van der Waals surface area contributed by atoms with Crippen molar-refractivity contribution >= 4 is 8.07 Å². The van der Waals surface area contributed by atoms with E-state index in [9.17, 15) is 10.2 Å². The molecule has 3 N–H and O–H groups in total. The molecule has 1 heterocycles. The van der Waals surface area contributed by atoms with Crippen molar-refractivity contribution in [3.8, 4) is 11.5 Å². The zero-order valence-electron chi connectivity index (χ0n) is 9.19. The Labute approximate surface area is 90.9 Å². The Balaban J connectivity index is 2.91. The maximum absolute atomic E-state index is 10.1. The molecule has 0 aliphatic carbocycles. The van der Waals surface area contributed by atoms with Gasteiger partial charge in [-0.25, -0.2) is 0 Å². The van der Waals surface area contributed by atoms with E-state index in [0.717, 1.165) is 6.61 Å². The Morgan fingerprint density at radius 2 is 2.07 bits per heavy atom. The van der Waals surface area contributed by atoms with Crippen molar-refractivity contribution in [1.29, 1.82) is 0 Å². The van der Waals surface area contributed by atoms with E-state index in [-0.39, 0.29) is 6.61 Å². The molecule has 0 spiro atoms. The van der Waals surface area contributed by atoms with Gasteiger partial charge < -0.3 is 20.1 Å². The molecule has 0 saturated carbocycles. The third kappa shape index (κ3) is 2.80. The van der Waals surface area contributed by atoms with Gasteiger partial charge >= 0.3 is 0 Å². The molecule has 1 radical (unpaired) electrons. The average Bonchev–Trinajstić information content (AvgIpc) is 2.40. The normalized spacial score (nSPS) is 36.1. The van der Waals surface area contributed by atoms with Crippen molar-refractivity contribution in [3.05, 3.63) is 6.61 Å². The van der Waals surface area contributed by atoms with Crippen molar-refractivity contribution in [2.24, 2.45) is 0 Å². The summed E-state index contributed by atoms with van der Waals surface area (Å²) in [4.78, 5) is 0. The Bertz CT molecular complexity index is 288. The summed E-state index contributed by atoms with van der Waals surface area (Å²) >= 11 is 0. The van der Waals surface area contributed by atoms with Gasteiger partial charge in [-0.05, 0) is 0 Å². The highest BCUT2D eigenvalue weighted by Crippen LogP contribution is 2.28. The summed E-state index contributed by atoms with van der Waals surface area (Å²) in [5.74, 6) is 2.65. The second kappa shape index (κ2) is 4.24. The summed E-state index contributed by atoms with van der Waals surface area (Å²) in [6.07, 6.45) is -2.03. The minimum atomic E-state index is -1.67. The molecular formula is C10H17O4Si. The minimum absolute atomic E-state index is 0.371. The Morgan fingerprint density at radius 3 is 2.53 bits per heavy atom. The average molecular weight is 229 g/mol. The van der Waals surface area contributed by atoms with Crippen molar-refractivity contribution < 1.29 is 20.1 Å². The van der Waals surface area contributed by atoms with Crippen LogP contribution >= 0.6 is 0 Å². The number of hydrogen-bond acceptors (Lipinski definition) is 4. The van der Waals surface area contributed by atoms with Crippen LogP contribution in [0.2, 0.25) is 19.6 Å². The molecule has 1 aliphatic heterocycles. The minimum Gasteiger partial charge on any atom is -0.394 e. The zero-order chi connectivity index (χ0) is 11.7. The van der Waals surface area contributed by atoms with E-state index < -0.39 is 25.9 Å². The number of hydrogen-bond donors (Lipinski definition) is 3. The summed E-state index contributed by atoms with van der Waals surface area (Å²) in [5, 5.41) is 28.6. The smallest absolute Gasteiger partial charge is 0.181 e. The third-order valence-corrected chi connectivity index (χ3v) is 2.99. The quantitative estimate of drug-likeness (QED) is 0.419. The lowest BCUT2D eigenvalue weighted by Gasteiger charge is -2.24. The molecule has 0 amide bonds. The van der Waals surface area contributed by atoms with Crippen LogP contribution in [0.15, 0.2) is 0 Å². The van der Waals surface area contributed by atoms with Gasteiger partial charge in [0.25, 0.3) is 0 Å². The van der Waals surface area contributed by atoms with E-state index in [1.165, 1.54) is 0 Å². The number of ether oxygens (including phenoxy) is 1. The molecule has 0 aromatic carbocycles. The molecular weight excluding hydrogens is 212 g/mol. The van der Waals surface area contributed by atoms with E-state index >= 15 is 0 Å². The maximum atomic E-state index is 10.1. The SMILES string of the molecule is C[Si](C)(C)C#C[C@]1(O)[C@@H](O)[CH]O[C@@H]1CO. The Kier molecular flexibility index (Phi) is 3.58. The molecule has 0 unspecified atom stereocenters. The lowest BCUT2D eigenvalue weighted by molar-refractivity contribution is -0.0510. The standard InChI is InChI=1S/C10H17O4Si/c1-15(2,3)5-4-10(13)8(12)7-14-9(10)6-11/h7-9,11-13H,6H2,1-3H3/t8-,9+,10-/m0/s1. The summed E-state index contributed by atoms with van der Waals surface area (Å²) in [5.41, 5.74) is 1.30. The molecule has 1 saturated heterocycles. The first-order chi connectivity index (χ1) is 6.79. The number of aliphatic hydroxyl groups excluding tert-OH is 2. The largest absolute Gasteiger partial charge is 0.394 e. The van der Waals surface area contributed by atoms with Crippen LogP contribution in [0, 0.1) is 18.1 Å². The van der Waals surface area contributed by atoms with Gasteiger partial charge in [-0.2, -0.15) is 0 Å². The maximum Gasteiger partial charge on any atom is 0.181 e. The lowest BCUT2D eigenvalue weighted by atomic mass is 9.95. The van der Waals surface area contributed by atoms with Crippen LogP contribution < -0.4 is 0 Å². The highest BCUT2D eigenvalue weighted by molar-refractivity contribution is 6.83. The molecule has 0 aromatic rings. The molecule has 5 heteroatoms. The third-order valence-electron chi connectivity index (χ3n) is 2.12. The second-order valence-corrected chi connectivity index (χ2v) is 9.46. The first-order valence-electron chi connectivity index (χ1n) is 4.84. The fourth-order valence-corrected chi connectivity index (χ4v) is 1.77. The lowest BCUT2D eigenvalue weighted by Crippen LogP contribution is -2.47. The summed E-state index contributed by atoms with van der Waals surface area (Å²) in [6.45, 7) is 6.83. The fraction of sp³-hybridized carbons (Fsp3) is 0.700. The molecule has 0 bridgehead atoms. The van der Waals surface area contributed by atoms with Gasteiger partial charge in [0.1, 0.15) is 26.9 Å². The van der Waals surface area contributed by atoms with Gasteiger partial charge in [0, 0.05) is 0 Å². The monoisotopic (exact) mass is 229 g/mol. The molecule has 0 aromatic heterocycles. The molecule has 15 heavy (non-hydrogen) atoms. The van der Waals surface area contributed by atoms with Crippen molar-refractivity contribution in [3.63, 3.8) is 0 Å².